The monoisotopic (exact) mass is 513 g/mol. The molecule has 8 nitrogen and oxygen atoms in total. The number of fused-ring (bicyclic) bond motifs is 3. The lowest BCUT2D eigenvalue weighted by Gasteiger charge is -2.27. The van der Waals surface area contributed by atoms with Crippen LogP contribution in [0.15, 0.2) is 72.8 Å². The number of amides is 2. The second-order valence-electron chi connectivity index (χ2n) is 9.32. The van der Waals surface area contributed by atoms with E-state index in [2.05, 4.69) is 0 Å². The summed E-state index contributed by atoms with van der Waals surface area (Å²) in [7, 11) is 0. The minimum atomic E-state index is -2.25. The Bertz CT molecular complexity index is 1510. The third-order valence-electron chi connectivity index (χ3n) is 7.33. The molecule has 2 amide bonds. The molecule has 1 spiro atoms. The maximum absolute atomic E-state index is 14.2. The topological polar surface area (TPSA) is 107 Å². The second-order valence-corrected chi connectivity index (χ2v) is 9.32. The molecule has 2 aliphatic heterocycles. The number of imide groups is 1. The van der Waals surface area contributed by atoms with Crippen LogP contribution in [0.25, 0.3) is 0 Å². The molecule has 2 heterocycles. The molecule has 3 aromatic carbocycles. The van der Waals surface area contributed by atoms with Crippen molar-refractivity contribution in [2.75, 3.05) is 11.5 Å². The molecule has 0 aromatic heterocycles. The van der Waals surface area contributed by atoms with Gasteiger partial charge >= 0.3 is 5.97 Å². The zero-order chi connectivity index (χ0) is 26.8. The molecule has 2 fully saturated rings. The largest absolute Gasteiger partial charge is 0.462 e. The number of hydrogen-bond donors (Lipinski definition) is 0. The number of anilines is 1. The molecule has 2 saturated heterocycles. The lowest BCUT2D eigenvalue weighted by Crippen LogP contribution is -2.51. The molecular formula is C29H20FNO7. The SMILES string of the molecule is CCOC(=O)c1ccc(N2C(=O)[C@@H]3[C@@H](C2=O)C2(O[C@H]3c3cccc(F)c3)C(=O)c3ccccc3C2=O)cc1. The van der Waals surface area contributed by atoms with Gasteiger partial charge < -0.3 is 9.47 Å². The van der Waals surface area contributed by atoms with Crippen molar-refractivity contribution in [3.05, 3.63) is 101 Å². The fourth-order valence-corrected chi connectivity index (χ4v) is 5.72. The molecule has 6 rings (SSSR count). The molecule has 0 N–H and O–H groups in total. The standard InChI is InChI=1S/C29H20FNO7/c1-2-37-28(36)15-10-12-18(13-11-15)31-26(34)21-22(27(31)35)29(38-23(21)16-6-5-7-17(30)14-16)24(32)19-8-3-4-9-20(19)25(29)33/h3-14,21-23H,2H2,1H3/t21-,22+,23+/m1/s1. The van der Waals surface area contributed by atoms with Crippen molar-refractivity contribution in [1.29, 1.82) is 0 Å². The molecule has 0 bridgehead atoms. The molecule has 3 atom stereocenters. The summed E-state index contributed by atoms with van der Waals surface area (Å²) >= 11 is 0. The average Bonchev–Trinajstić information content (AvgIpc) is 3.49. The van der Waals surface area contributed by atoms with E-state index in [1.54, 1.807) is 19.1 Å². The molecule has 0 saturated carbocycles. The highest BCUT2D eigenvalue weighted by atomic mass is 19.1. The van der Waals surface area contributed by atoms with Crippen LogP contribution in [0.2, 0.25) is 0 Å². The average molecular weight is 513 g/mol. The van der Waals surface area contributed by atoms with Crippen molar-refractivity contribution in [1.82, 2.24) is 0 Å². The summed E-state index contributed by atoms with van der Waals surface area (Å²) in [6.07, 6.45) is -1.22. The molecule has 3 aromatic rings. The number of ether oxygens (including phenoxy) is 2. The Kier molecular flexibility index (Phi) is 5.36. The number of nitrogens with zero attached hydrogens (tertiary/aromatic N) is 1. The highest BCUT2D eigenvalue weighted by molar-refractivity contribution is 6.37. The zero-order valence-corrected chi connectivity index (χ0v) is 20.1. The predicted molar refractivity (Wildman–Crippen MR) is 130 cm³/mol. The molecule has 190 valence electrons. The van der Waals surface area contributed by atoms with E-state index < -0.39 is 58.7 Å². The van der Waals surface area contributed by atoms with Gasteiger partial charge in [-0.2, -0.15) is 0 Å². The first kappa shape index (κ1) is 23.9. The normalized spacial score (nSPS) is 23.2. The molecule has 1 aliphatic carbocycles. The maximum Gasteiger partial charge on any atom is 0.338 e. The highest BCUT2D eigenvalue weighted by Crippen LogP contribution is 2.57. The quantitative estimate of drug-likeness (QED) is 0.298. The van der Waals surface area contributed by atoms with E-state index in [0.29, 0.717) is 0 Å². The van der Waals surface area contributed by atoms with E-state index in [0.717, 1.165) is 11.0 Å². The van der Waals surface area contributed by atoms with Crippen LogP contribution in [0.1, 0.15) is 49.7 Å². The number of ketones is 2. The minimum absolute atomic E-state index is 0.105. The van der Waals surface area contributed by atoms with Crippen molar-refractivity contribution >= 4 is 35.0 Å². The Balaban J connectivity index is 1.47. The summed E-state index contributed by atoms with van der Waals surface area (Å²) in [5.41, 5.74) is -1.43. The molecule has 0 radical (unpaired) electrons. The smallest absolute Gasteiger partial charge is 0.338 e. The van der Waals surface area contributed by atoms with Crippen molar-refractivity contribution < 1.29 is 37.8 Å². The number of halogens is 1. The van der Waals surface area contributed by atoms with Crippen molar-refractivity contribution in [3.63, 3.8) is 0 Å². The van der Waals surface area contributed by atoms with Crippen LogP contribution in [0, 0.1) is 17.7 Å². The summed E-state index contributed by atoms with van der Waals surface area (Å²) in [6, 6.07) is 17.1. The second kappa shape index (κ2) is 8.53. The Morgan fingerprint density at radius 3 is 2.18 bits per heavy atom. The summed E-state index contributed by atoms with van der Waals surface area (Å²) in [4.78, 5) is 68.2. The fraction of sp³-hybridized carbons (Fsp3) is 0.207. The summed E-state index contributed by atoms with van der Waals surface area (Å²) in [6.45, 7) is 1.85. The summed E-state index contributed by atoms with van der Waals surface area (Å²) in [5.74, 6) is -6.74. The molecule has 0 unspecified atom stereocenters. The highest BCUT2D eigenvalue weighted by Gasteiger charge is 2.74. The number of esters is 1. The number of benzene rings is 3. The maximum atomic E-state index is 14.2. The van der Waals surface area contributed by atoms with E-state index in [1.165, 1.54) is 54.6 Å². The van der Waals surface area contributed by atoms with Crippen LogP contribution < -0.4 is 4.90 Å². The first-order valence-electron chi connectivity index (χ1n) is 12.1. The first-order valence-corrected chi connectivity index (χ1v) is 12.1. The van der Waals surface area contributed by atoms with Gasteiger partial charge in [0.25, 0.3) is 0 Å². The van der Waals surface area contributed by atoms with E-state index in [9.17, 15) is 28.4 Å². The van der Waals surface area contributed by atoms with E-state index >= 15 is 0 Å². The van der Waals surface area contributed by atoms with E-state index in [4.69, 9.17) is 9.47 Å². The first-order chi connectivity index (χ1) is 18.3. The zero-order valence-electron chi connectivity index (χ0n) is 20.1. The summed E-state index contributed by atoms with van der Waals surface area (Å²) in [5, 5.41) is 0. The third-order valence-corrected chi connectivity index (χ3v) is 7.33. The molecule has 38 heavy (non-hydrogen) atoms. The number of carbonyl (C=O) groups is 5. The Labute approximate surface area is 216 Å². The summed E-state index contributed by atoms with van der Waals surface area (Å²) < 4.78 is 25.3. The Hall–Kier alpha value is -4.50. The predicted octanol–water partition coefficient (Wildman–Crippen LogP) is 3.70. The number of carbonyl (C=O) groups excluding carboxylic acids is 5. The van der Waals surface area contributed by atoms with Crippen LogP contribution >= 0.6 is 0 Å². The van der Waals surface area contributed by atoms with E-state index in [-0.39, 0.29) is 34.5 Å². The molecule has 3 aliphatic rings. The van der Waals surface area contributed by atoms with Gasteiger partial charge in [0, 0.05) is 11.1 Å². The third kappa shape index (κ3) is 3.15. The lowest BCUT2D eigenvalue weighted by molar-refractivity contribution is -0.127. The number of hydrogen-bond acceptors (Lipinski definition) is 7. The van der Waals surface area contributed by atoms with Crippen molar-refractivity contribution in [3.8, 4) is 0 Å². The molecule has 9 heteroatoms. The Morgan fingerprint density at radius 2 is 1.58 bits per heavy atom. The van der Waals surface area contributed by atoms with Gasteiger partial charge in [0.1, 0.15) is 5.82 Å². The van der Waals surface area contributed by atoms with Gasteiger partial charge in [0.2, 0.25) is 29.0 Å². The van der Waals surface area contributed by atoms with Crippen LogP contribution in [-0.4, -0.2) is 41.6 Å². The van der Waals surface area contributed by atoms with Crippen LogP contribution in [0.4, 0.5) is 10.1 Å². The van der Waals surface area contributed by atoms with Gasteiger partial charge in [-0.1, -0.05) is 36.4 Å². The van der Waals surface area contributed by atoms with Crippen molar-refractivity contribution in [2.24, 2.45) is 11.8 Å². The van der Waals surface area contributed by atoms with Gasteiger partial charge in [0.15, 0.2) is 0 Å². The van der Waals surface area contributed by atoms with Gasteiger partial charge in [-0.15, -0.1) is 0 Å². The van der Waals surface area contributed by atoms with Gasteiger partial charge in [0.05, 0.1) is 35.8 Å². The lowest BCUT2D eigenvalue weighted by atomic mass is 9.77. The number of Topliss-reactive ketones (excluding diaryl/α,β-unsaturated/α-hetero) is 2. The van der Waals surface area contributed by atoms with E-state index in [1.807, 2.05) is 0 Å². The number of rotatable bonds is 4. The molecular weight excluding hydrogens is 493 g/mol. The minimum Gasteiger partial charge on any atom is -0.462 e. The van der Waals surface area contributed by atoms with Crippen LogP contribution in [0.5, 0.6) is 0 Å². The van der Waals surface area contributed by atoms with Gasteiger partial charge in [-0.25, -0.2) is 14.1 Å². The Morgan fingerprint density at radius 1 is 0.921 bits per heavy atom. The van der Waals surface area contributed by atoms with Crippen molar-refractivity contribution in [2.45, 2.75) is 18.6 Å². The van der Waals surface area contributed by atoms with Gasteiger partial charge in [-0.05, 0) is 48.9 Å². The fourth-order valence-electron chi connectivity index (χ4n) is 5.72. The van der Waals surface area contributed by atoms with Crippen LogP contribution in [-0.2, 0) is 19.1 Å². The van der Waals surface area contributed by atoms with Crippen LogP contribution in [0.3, 0.4) is 0 Å². The van der Waals surface area contributed by atoms with Gasteiger partial charge in [-0.3, -0.25) is 19.2 Å².